The fourth-order valence-corrected chi connectivity index (χ4v) is 6.31. The zero-order valence-corrected chi connectivity index (χ0v) is 17.2. The minimum absolute atomic E-state index is 0.170. The monoisotopic (exact) mass is 371 g/mol. The van der Waals surface area contributed by atoms with Crippen molar-refractivity contribution < 1.29 is 9.05 Å². The Morgan fingerprint density at radius 2 is 1.19 bits per heavy atom. The summed E-state index contributed by atoms with van der Waals surface area (Å²) in [5.74, 6) is 1.65. The van der Waals surface area contributed by atoms with E-state index in [9.17, 15) is 0 Å². The van der Waals surface area contributed by atoms with E-state index in [-0.39, 0.29) is 10.7 Å². The van der Waals surface area contributed by atoms with Crippen LogP contribution in [0.4, 0.5) is 0 Å². The van der Waals surface area contributed by atoms with Gasteiger partial charge in [0.2, 0.25) is 0 Å². The van der Waals surface area contributed by atoms with Gasteiger partial charge >= 0.3 is 7.51 Å². The van der Waals surface area contributed by atoms with E-state index in [1.807, 2.05) is 60.7 Å². The van der Waals surface area contributed by atoms with Gasteiger partial charge in [-0.3, -0.25) is 0 Å². The molecule has 0 spiro atoms. The zero-order chi connectivity index (χ0) is 18.7. The highest BCUT2D eigenvalue weighted by Gasteiger charge is 2.46. The zero-order valence-electron chi connectivity index (χ0n) is 16.3. The van der Waals surface area contributed by atoms with E-state index in [1.54, 1.807) is 0 Å². The van der Waals surface area contributed by atoms with Gasteiger partial charge in [-0.2, -0.15) is 0 Å². The third-order valence-corrected chi connectivity index (χ3v) is 8.41. The van der Waals surface area contributed by atoms with E-state index >= 15 is 0 Å². The van der Waals surface area contributed by atoms with Crippen molar-refractivity contribution in [3.63, 3.8) is 0 Å². The molecule has 0 saturated heterocycles. The highest BCUT2D eigenvalue weighted by Crippen LogP contribution is 2.65. The summed E-state index contributed by atoms with van der Waals surface area (Å²) in [5.41, 5.74) is -0.172. The van der Waals surface area contributed by atoms with Crippen molar-refractivity contribution in [1.29, 1.82) is 0 Å². The molecule has 0 atom stereocenters. The van der Waals surface area contributed by atoms with E-state index < -0.39 is 7.51 Å². The van der Waals surface area contributed by atoms with Crippen LogP contribution in [0.15, 0.2) is 65.4 Å². The maximum Gasteiger partial charge on any atom is 0.320 e. The van der Waals surface area contributed by atoms with Crippen molar-refractivity contribution in [3.8, 4) is 11.5 Å². The van der Waals surface area contributed by atoms with Gasteiger partial charge in [-0.05, 0) is 64.8 Å². The average Bonchev–Trinajstić information content (AvgIpc) is 2.59. The topological polar surface area (TPSA) is 30.8 Å². The molecule has 0 unspecified atom stereocenters. The van der Waals surface area contributed by atoms with Crippen LogP contribution in [0.2, 0.25) is 0 Å². The lowest BCUT2D eigenvalue weighted by Gasteiger charge is -2.42. The molecular formula is C22H30NO2P. The molecule has 0 aromatic heterocycles. The van der Waals surface area contributed by atoms with Crippen molar-refractivity contribution in [1.82, 2.24) is 0 Å². The number of hydrogen-bond donors (Lipinski definition) is 0. The Balaban J connectivity index is 2.15. The Morgan fingerprint density at radius 1 is 0.731 bits per heavy atom. The van der Waals surface area contributed by atoms with Gasteiger partial charge in [-0.15, -0.1) is 0 Å². The summed E-state index contributed by atoms with van der Waals surface area (Å²) in [7, 11) is -2.60. The van der Waals surface area contributed by atoms with E-state index in [2.05, 4.69) is 27.7 Å². The summed E-state index contributed by atoms with van der Waals surface area (Å²) in [6, 6.07) is 20.0. The molecule has 0 bridgehead atoms. The fraction of sp³-hybridized carbons (Fsp3) is 0.455. The smallest absolute Gasteiger partial charge is 0.320 e. The number of benzene rings is 2. The SMILES string of the molecule is CC1(C)CCCCC(C)(C)P(Oc2ccccc2)(Oc2ccccc2)=N1. The first-order valence-electron chi connectivity index (χ1n) is 9.45. The molecule has 4 heteroatoms. The Morgan fingerprint density at radius 3 is 1.69 bits per heavy atom. The molecule has 0 fully saturated rings. The number of rotatable bonds is 4. The molecule has 140 valence electrons. The second kappa shape index (κ2) is 7.48. The Labute approximate surface area is 158 Å². The molecular weight excluding hydrogens is 341 g/mol. The third-order valence-electron chi connectivity index (χ3n) is 4.94. The van der Waals surface area contributed by atoms with E-state index in [1.165, 1.54) is 12.8 Å². The van der Waals surface area contributed by atoms with Crippen LogP contribution in [0, 0.1) is 0 Å². The normalized spacial score (nSPS) is 20.9. The third kappa shape index (κ3) is 4.32. The minimum Gasteiger partial charge on any atom is -0.430 e. The molecule has 2 aromatic rings. The Bertz CT molecular complexity index is 724. The van der Waals surface area contributed by atoms with Gasteiger partial charge in [0.1, 0.15) is 11.5 Å². The van der Waals surface area contributed by atoms with Crippen molar-refractivity contribution in [2.24, 2.45) is 4.74 Å². The van der Waals surface area contributed by atoms with Gasteiger partial charge in [-0.1, -0.05) is 49.2 Å². The number of nitrogens with zero attached hydrogens (tertiary/aromatic N) is 1. The van der Waals surface area contributed by atoms with Crippen LogP contribution in [0.25, 0.3) is 0 Å². The second-order valence-corrected chi connectivity index (χ2v) is 11.1. The first-order chi connectivity index (χ1) is 12.3. The Kier molecular flexibility index (Phi) is 5.48. The molecule has 2 aromatic carbocycles. The summed E-state index contributed by atoms with van der Waals surface area (Å²) in [5, 5.41) is -0.170. The first kappa shape index (κ1) is 19.0. The molecule has 1 heterocycles. The van der Waals surface area contributed by atoms with E-state index in [4.69, 9.17) is 13.8 Å². The van der Waals surface area contributed by atoms with Gasteiger partial charge in [0.25, 0.3) is 0 Å². The quantitative estimate of drug-likeness (QED) is 0.528. The van der Waals surface area contributed by atoms with Crippen molar-refractivity contribution in [2.45, 2.75) is 64.1 Å². The van der Waals surface area contributed by atoms with Gasteiger partial charge in [-0.25, -0.2) is 4.74 Å². The molecule has 0 saturated carbocycles. The highest BCUT2D eigenvalue weighted by atomic mass is 31.2. The number of hydrogen-bond acceptors (Lipinski definition) is 3. The van der Waals surface area contributed by atoms with Crippen molar-refractivity contribution >= 4 is 7.51 Å². The minimum atomic E-state index is -2.60. The lowest BCUT2D eigenvalue weighted by atomic mass is 9.96. The van der Waals surface area contributed by atoms with Crippen LogP contribution in [0.1, 0.15) is 53.4 Å². The first-order valence-corrected chi connectivity index (χ1v) is 11.0. The van der Waals surface area contributed by atoms with Crippen LogP contribution in [0.5, 0.6) is 11.5 Å². The largest absolute Gasteiger partial charge is 0.430 e. The standard InChI is InChI=1S/C22H30NO2P/c1-21(2)17-11-12-18-22(3,4)26(23-21,24-19-13-7-5-8-14-19)25-20-15-9-6-10-16-20/h5-10,13-16H,11-12,17-18H2,1-4H3. The van der Waals surface area contributed by atoms with Gasteiger partial charge in [0.05, 0.1) is 10.7 Å². The van der Waals surface area contributed by atoms with Gasteiger partial charge < -0.3 is 9.05 Å². The van der Waals surface area contributed by atoms with Crippen LogP contribution in [-0.4, -0.2) is 10.7 Å². The Hall–Kier alpha value is -1.73. The van der Waals surface area contributed by atoms with Gasteiger partial charge in [0.15, 0.2) is 0 Å². The summed E-state index contributed by atoms with van der Waals surface area (Å²) in [6.07, 6.45) is 4.46. The molecule has 0 aliphatic carbocycles. The summed E-state index contributed by atoms with van der Waals surface area (Å²) in [6.45, 7) is 8.90. The fourth-order valence-electron chi connectivity index (χ4n) is 3.35. The highest BCUT2D eigenvalue weighted by molar-refractivity contribution is 7.59. The molecule has 1 aliphatic rings. The lowest BCUT2D eigenvalue weighted by molar-refractivity contribution is 0.362. The van der Waals surface area contributed by atoms with E-state index in [0.29, 0.717) is 0 Å². The lowest BCUT2D eigenvalue weighted by Crippen LogP contribution is -2.31. The van der Waals surface area contributed by atoms with Crippen LogP contribution in [-0.2, 0) is 0 Å². The van der Waals surface area contributed by atoms with Gasteiger partial charge in [0, 0.05) is 0 Å². The predicted octanol–water partition coefficient (Wildman–Crippen LogP) is 7.31. The summed E-state index contributed by atoms with van der Waals surface area (Å²) < 4.78 is 18.6. The molecule has 26 heavy (non-hydrogen) atoms. The maximum atomic E-state index is 6.66. The number of para-hydroxylation sites is 2. The predicted molar refractivity (Wildman–Crippen MR) is 110 cm³/mol. The summed E-state index contributed by atoms with van der Waals surface area (Å²) >= 11 is 0. The summed E-state index contributed by atoms with van der Waals surface area (Å²) in [4.78, 5) is 0. The molecule has 3 nitrogen and oxygen atoms in total. The molecule has 0 radical (unpaired) electrons. The van der Waals surface area contributed by atoms with Crippen LogP contribution >= 0.6 is 7.51 Å². The molecule has 0 N–H and O–H groups in total. The average molecular weight is 371 g/mol. The van der Waals surface area contributed by atoms with Crippen molar-refractivity contribution in [2.75, 3.05) is 0 Å². The van der Waals surface area contributed by atoms with Crippen LogP contribution < -0.4 is 9.05 Å². The maximum absolute atomic E-state index is 6.66. The van der Waals surface area contributed by atoms with Crippen LogP contribution in [0.3, 0.4) is 0 Å². The second-order valence-electron chi connectivity index (χ2n) is 8.26. The molecule has 1 aliphatic heterocycles. The van der Waals surface area contributed by atoms with E-state index in [0.717, 1.165) is 24.3 Å². The van der Waals surface area contributed by atoms with Crippen molar-refractivity contribution in [3.05, 3.63) is 60.7 Å². The molecule has 0 amide bonds. The molecule has 3 rings (SSSR count).